The Morgan fingerprint density at radius 1 is 0.573 bits per heavy atom. The van der Waals surface area contributed by atoms with E-state index in [-0.39, 0.29) is 67.8 Å². The zero-order chi connectivity index (χ0) is 58.1. The third kappa shape index (κ3) is 48.6. The summed E-state index contributed by atoms with van der Waals surface area (Å²) < 4.78 is 33.9. The molecular formula is C61H86O14. The number of esters is 7. The van der Waals surface area contributed by atoms with Gasteiger partial charge in [0.15, 0.2) is 13.2 Å². The van der Waals surface area contributed by atoms with E-state index in [0.717, 1.165) is 57.1 Å². The number of hydrogen-bond acceptors (Lipinski definition) is 14. The van der Waals surface area contributed by atoms with E-state index in [0.29, 0.717) is 45.6 Å². The molecule has 0 saturated heterocycles. The molecule has 0 N–H and O–H groups in total. The summed E-state index contributed by atoms with van der Waals surface area (Å²) in [5, 5.41) is 0. The van der Waals surface area contributed by atoms with Crippen LogP contribution in [0.4, 0.5) is 0 Å². The van der Waals surface area contributed by atoms with Crippen molar-refractivity contribution in [2.24, 2.45) is 0 Å². The van der Waals surface area contributed by atoms with E-state index in [1.54, 1.807) is 61.5 Å². The first-order valence-corrected chi connectivity index (χ1v) is 24.6. The SMILES string of the molecule is C#CCOC(=O)C(=C)C.C=C(C)C(=O)OC/C=C/C.C=C(C)C(=O)OC1=CCCCC1.C=C(C)C(=O)OC1C=CCCC1.C=C(C)C(=O)OC1CCCCCC1.C=C(C)C(=O)OCC#CC.C=CCOC(=O)C(=C)C. The number of allylic oxidation sites excluding steroid dienone is 4. The summed E-state index contributed by atoms with van der Waals surface area (Å²) in [5.41, 5.74) is 3.05. The van der Waals surface area contributed by atoms with Gasteiger partial charge in [-0.15, -0.1) is 12.3 Å². The summed E-state index contributed by atoms with van der Waals surface area (Å²) in [6, 6.07) is 0. The molecule has 0 aromatic heterocycles. The second-order valence-electron chi connectivity index (χ2n) is 16.9. The van der Waals surface area contributed by atoms with Gasteiger partial charge in [0, 0.05) is 45.4 Å². The Bertz CT molecular complexity index is 2120. The highest BCUT2D eigenvalue weighted by atomic mass is 16.6. The summed E-state index contributed by atoms with van der Waals surface area (Å²) in [6.07, 6.45) is 30.4. The fraction of sp³-hybridized carbons (Fsp3) is 0.459. The van der Waals surface area contributed by atoms with E-state index >= 15 is 0 Å². The summed E-state index contributed by atoms with van der Waals surface area (Å²) in [5.74, 6) is 5.85. The average Bonchev–Trinajstić information content (AvgIpc) is 3.65. The highest BCUT2D eigenvalue weighted by molar-refractivity contribution is 5.89. The highest BCUT2D eigenvalue weighted by Gasteiger charge is 2.17. The lowest BCUT2D eigenvalue weighted by atomic mass is 10.1. The zero-order valence-corrected chi connectivity index (χ0v) is 46.6. The topological polar surface area (TPSA) is 184 Å². The molecule has 1 atom stereocenters. The van der Waals surface area contributed by atoms with Crippen LogP contribution in [0.5, 0.6) is 0 Å². The molecule has 3 rings (SSSR count). The van der Waals surface area contributed by atoms with Gasteiger partial charge in [-0.2, -0.15) is 0 Å². The average molecular weight is 1040 g/mol. The first-order valence-electron chi connectivity index (χ1n) is 24.6. The van der Waals surface area contributed by atoms with E-state index in [1.165, 1.54) is 38.2 Å². The molecule has 0 amide bonds. The Labute approximate surface area is 449 Å². The molecule has 0 spiro atoms. The lowest BCUT2D eigenvalue weighted by Crippen LogP contribution is -2.17. The van der Waals surface area contributed by atoms with Crippen molar-refractivity contribution in [2.75, 3.05) is 26.4 Å². The van der Waals surface area contributed by atoms with Crippen molar-refractivity contribution in [3.8, 4) is 24.2 Å². The molecule has 3 aliphatic rings. The maximum Gasteiger partial charge on any atom is 0.338 e. The van der Waals surface area contributed by atoms with Gasteiger partial charge in [0.05, 0.1) is 0 Å². The van der Waals surface area contributed by atoms with Crippen molar-refractivity contribution < 1.29 is 66.7 Å². The van der Waals surface area contributed by atoms with E-state index in [1.807, 2.05) is 25.2 Å². The summed E-state index contributed by atoms with van der Waals surface area (Å²) in [6.45, 7) is 43.3. The monoisotopic (exact) mass is 1040 g/mol. The highest BCUT2D eigenvalue weighted by Crippen LogP contribution is 2.21. The Balaban J connectivity index is -0.000000394. The van der Waals surface area contributed by atoms with E-state index in [4.69, 9.17) is 25.4 Å². The Kier molecular flexibility index (Phi) is 48.2. The maximum atomic E-state index is 11.2. The van der Waals surface area contributed by atoms with Crippen molar-refractivity contribution in [3.05, 3.63) is 134 Å². The molecule has 0 heterocycles. The van der Waals surface area contributed by atoms with Crippen LogP contribution in [0.1, 0.15) is 146 Å². The number of hydrogen-bond donors (Lipinski definition) is 0. The van der Waals surface area contributed by atoms with Gasteiger partial charge >= 0.3 is 41.8 Å². The minimum atomic E-state index is -0.437. The summed E-state index contributed by atoms with van der Waals surface area (Å²) >= 11 is 0. The largest absolute Gasteiger partial charge is 0.459 e. The number of rotatable bonds is 16. The van der Waals surface area contributed by atoms with Crippen LogP contribution < -0.4 is 0 Å². The van der Waals surface area contributed by atoms with Gasteiger partial charge in [-0.3, -0.25) is 0 Å². The van der Waals surface area contributed by atoms with Gasteiger partial charge in [0.1, 0.15) is 31.2 Å². The Morgan fingerprint density at radius 2 is 1.04 bits per heavy atom. The van der Waals surface area contributed by atoms with E-state index in [2.05, 4.69) is 90.7 Å². The van der Waals surface area contributed by atoms with Crippen LogP contribution in [-0.2, 0) is 66.7 Å². The molecule has 0 bridgehead atoms. The molecule has 414 valence electrons. The molecule has 0 aliphatic heterocycles. The fourth-order valence-electron chi connectivity index (χ4n) is 4.97. The van der Waals surface area contributed by atoms with Gasteiger partial charge in [0.2, 0.25) is 0 Å². The van der Waals surface area contributed by atoms with E-state index < -0.39 is 5.97 Å². The predicted octanol–water partition coefficient (Wildman–Crippen LogP) is 12.4. The van der Waals surface area contributed by atoms with Gasteiger partial charge in [-0.05, 0) is 139 Å². The zero-order valence-electron chi connectivity index (χ0n) is 46.6. The molecular weight excluding hydrogens is 957 g/mol. The molecule has 75 heavy (non-hydrogen) atoms. The standard InChI is InChI=1S/C11H18O2.2C10H14O2.C8H12O2.C8H10O2.C7H10O2.C7H8O2/c1-9(2)11(12)13-10-7-5-3-4-6-8-10;2*1-8(2)10(11)12-9-6-4-3-5-7-9;2*1-4-5-6-10-8(9)7(2)3;2*1-4-5-9-7(8)6(2)3/h10H,1,3-8H2,2H3;6H,1,3-5,7H2,2H3;4,6,9H,1,3,5,7H2,2H3;4-5H,2,6H2,1,3H3;2,6H2,1,3H3;4H,1-2,5H2,3H3;1H,2,5H2,3H3/b;;;5-4+;;;. The van der Waals surface area contributed by atoms with Gasteiger partial charge in [0.25, 0.3) is 0 Å². The van der Waals surface area contributed by atoms with Crippen molar-refractivity contribution in [3.63, 3.8) is 0 Å². The van der Waals surface area contributed by atoms with Crippen LogP contribution in [0.15, 0.2) is 134 Å². The van der Waals surface area contributed by atoms with Crippen molar-refractivity contribution in [1.29, 1.82) is 0 Å². The van der Waals surface area contributed by atoms with Crippen LogP contribution in [-0.4, -0.2) is 80.4 Å². The number of terminal acetylenes is 1. The van der Waals surface area contributed by atoms with Crippen molar-refractivity contribution in [2.45, 2.75) is 158 Å². The molecule has 3 aliphatic carbocycles. The Hall–Kier alpha value is -7.45. The van der Waals surface area contributed by atoms with Gasteiger partial charge in [-0.25, -0.2) is 33.6 Å². The minimum Gasteiger partial charge on any atom is -0.459 e. The number of carbonyl (C=O) groups excluding carboxylic acids is 7. The van der Waals surface area contributed by atoms with Gasteiger partial charge in [-0.1, -0.05) is 102 Å². The van der Waals surface area contributed by atoms with Crippen LogP contribution in [0.2, 0.25) is 0 Å². The lowest BCUT2D eigenvalue weighted by molar-refractivity contribution is -0.145. The summed E-state index contributed by atoms with van der Waals surface area (Å²) in [4.78, 5) is 75.6. The molecule has 1 unspecified atom stereocenters. The predicted molar refractivity (Wildman–Crippen MR) is 298 cm³/mol. The Morgan fingerprint density at radius 3 is 1.44 bits per heavy atom. The van der Waals surface area contributed by atoms with Crippen LogP contribution in [0.3, 0.4) is 0 Å². The first kappa shape index (κ1) is 74.1. The summed E-state index contributed by atoms with van der Waals surface area (Å²) in [7, 11) is 0. The van der Waals surface area contributed by atoms with E-state index in [9.17, 15) is 33.6 Å². The van der Waals surface area contributed by atoms with Crippen LogP contribution in [0.25, 0.3) is 0 Å². The number of ether oxygens (including phenoxy) is 7. The molecule has 0 radical (unpaired) electrons. The quantitative estimate of drug-likeness (QED) is 0.0355. The second-order valence-corrected chi connectivity index (χ2v) is 16.9. The van der Waals surface area contributed by atoms with Gasteiger partial charge < -0.3 is 33.2 Å². The molecule has 14 nitrogen and oxygen atoms in total. The van der Waals surface area contributed by atoms with Crippen LogP contribution in [0, 0.1) is 24.2 Å². The maximum absolute atomic E-state index is 11.2. The van der Waals surface area contributed by atoms with Crippen molar-refractivity contribution in [1.82, 2.24) is 0 Å². The third-order valence-electron chi connectivity index (χ3n) is 9.07. The molecule has 1 fully saturated rings. The van der Waals surface area contributed by atoms with Crippen LogP contribution >= 0.6 is 0 Å². The van der Waals surface area contributed by atoms with Crippen molar-refractivity contribution >= 4 is 41.8 Å². The molecule has 0 aromatic carbocycles. The lowest BCUT2D eigenvalue weighted by Gasteiger charge is -2.16. The third-order valence-corrected chi connectivity index (χ3v) is 9.07. The first-order chi connectivity index (χ1) is 35.3. The number of carbonyl (C=O) groups is 7. The molecule has 1 saturated carbocycles. The molecule has 14 heteroatoms. The normalized spacial score (nSPS) is 13.7. The second kappa shape index (κ2) is 48.8. The smallest absolute Gasteiger partial charge is 0.338 e. The fourth-order valence-corrected chi connectivity index (χ4v) is 4.97. The molecule has 0 aromatic rings. The minimum absolute atomic E-state index is 0.0195.